The molecule has 0 aliphatic heterocycles. The van der Waals surface area contributed by atoms with Gasteiger partial charge in [-0.3, -0.25) is 21.0 Å². The quantitative estimate of drug-likeness (QED) is 0.119. The Morgan fingerprint density at radius 3 is 2.60 bits per heavy atom. The van der Waals surface area contributed by atoms with Gasteiger partial charge in [-0.2, -0.15) is 0 Å². The molecule has 0 saturated carbocycles. The third-order valence-corrected chi connectivity index (χ3v) is 2.34. The molecule has 0 rings (SSSR count). The van der Waals surface area contributed by atoms with E-state index in [1.165, 1.54) is 14.0 Å². The fraction of sp³-hybridized carbons (Fsp3) is 0.727. The first kappa shape index (κ1) is 18.1. The molecule has 9 nitrogen and oxygen atoms in total. The smallest absolute Gasteiger partial charge is 0.480 e. The molecule has 0 fully saturated rings. The minimum absolute atomic E-state index is 0.0424. The predicted octanol–water partition coefficient (Wildman–Crippen LogP) is 0.337. The van der Waals surface area contributed by atoms with E-state index in [0.717, 1.165) is 0 Å². The monoisotopic (exact) mass is 291 g/mol. The number of ether oxygens (including phenoxy) is 2. The highest BCUT2D eigenvalue weighted by Gasteiger charge is 2.15. The Kier molecular flexibility index (Phi) is 9.97. The van der Waals surface area contributed by atoms with Crippen molar-refractivity contribution in [2.24, 2.45) is 4.99 Å². The average molecular weight is 291 g/mol. The highest BCUT2D eigenvalue weighted by Crippen LogP contribution is 2.05. The summed E-state index contributed by atoms with van der Waals surface area (Å²) in [5, 5.41) is 20.4. The van der Waals surface area contributed by atoms with E-state index in [0.29, 0.717) is 25.8 Å². The average Bonchev–Trinajstić information content (AvgIpc) is 2.43. The number of unbranched alkanes of at least 4 members (excludes halogenated alkanes) is 1. The van der Waals surface area contributed by atoms with Crippen LogP contribution in [0.1, 0.15) is 26.2 Å². The van der Waals surface area contributed by atoms with E-state index in [1.54, 1.807) is 5.48 Å². The van der Waals surface area contributed by atoms with Crippen LogP contribution < -0.4 is 10.8 Å². The van der Waals surface area contributed by atoms with Gasteiger partial charge in [0.05, 0.1) is 7.11 Å². The molecule has 9 heteroatoms. The van der Waals surface area contributed by atoms with Crippen LogP contribution in [0, 0.1) is 0 Å². The molecule has 0 aliphatic carbocycles. The Labute approximate surface area is 116 Å². The van der Waals surface area contributed by atoms with Crippen LogP contribution in [0.15, 0.2) is 4.99 Å². The van der Waals surface area contributed by atoms with E-state index in [2.05, 4.69) is 19.8 Å². The summed E-state index contributed by atoms with van der Waals surface area (Å²) in [7, 11) is 1.22. The van der Waals surface area contributed by atoms with Crippen LogP contribution >= 0.6 is 0 Å². The van der Waals surface area contributed by atoms with Gasteiger partial charge in [0, 0.05) is 0 Å². The SMILES string of the molecule is COC(=O)OCNCCCC[C@H](N=C(C)NO)C(=O)O. The predicted molar refractivity (Wildman–Crippen MR) is 69.7 cm³/mol. The Bertz CT molecular complexity index is 334. The second-order valence-corrected chi connectivity index (χ2v) is 3.92. The minimum atomic E-state index is -1.04. The van der Waals surface area contributed by atoms with Crippen LogP contribution in [0.2, 0.25) is 0 Å². The number of hydroxylamine groups is 1. The summed E-state index contributed by atoms with van der Waals surface area (Å²) in [5.41, 5.74) is 1.80. The van der Waals surface area contributed by atoms with Gasteiger partial charge < -0.3 is 14.6 Å². The third kappa shape index (κ3) is 9.11. The summed E-state index contributed by atoms with van der Waals surface area (Å²) in [5.74, 6) is -0.886. The van der Waals surface area contributed by atoms with Gasteiger partial charge in [0.1, 0.15) is 18.6 Å². The summed E-state index contributed by atoms with van der Waals surface area (Å²) in [6.07, 6.45) is 0.929. The zero-order valence-electron chi connectivity index (χ0n) is 11.6. The second kappa shape index (κ2) is 11.0. The number of rotatable bonds is 9. The van der Waals surface area contributed by atoms with E-state index >= 15 is 0 Å². The number of methoxy groups -OCH3 is 1. The van der Waals surface area contributed by atoms with Gasteiger partial charge in [-0.1, -0.05) is 0 Å². The lowest BCUT2D eigenvalue weighted by molar-refractivity contribution is -0.138. The highest BCUT2D eigenvalue weighted by atomic mass is 16.7. The van der Waals surface area contributed by atoms with Gasteiger partial charge >= 0.3 is 12.1 Å². The molecule has 0 amide bonds. The first-order valence-electron chi connectivity index (χ1n) is 6.10. The van der Waals surface area contributed by atoms with Crippen molar-refractivity contribution in [2.45, 2.75) is 32.2 Å². The summed E-state index contributed by atoms with van der Waals surface area (Å²) >= 11 is 0. The lowest BCUT2D eigenvalue weighted by Crippen LogP contribution is -2.25. The molecule has 0 unspecified atom stereocenters. The van der Waals surface area contributed by atoms with Crippen molar-refractivity contribution in [1.82, 2.24) is 10.8 Å². The van der Waals surface area contributed by atoms with Crippen molar-refractivity contribution < 1.29 is 29.4 Å². The standard InChI is InChI=1S/C11H21N3O6/c1-8(14-18)13-9(10(15)16)5-3-4-6-12-7-20-11(17)19-2/h9,12,18H,3-7H2,1-2H3,(H,13,14)(H,15,16)/t9-/m0/s1. The first-order chi connectivity index (χ1) is 9.51. The van der Waals surface area contributed by atoms with Gasteiger partial charge in [-0.15, -0.1) is 0 Å². The van der Waals surface area contributed by atoms with Crippen molar-refractivity contribution in [1.29, 1.82) is 0 Å². The number of hydrogen-bond acceptors (Lipinski definition) is 7. The maximum absolute atomic E-state index is 10.9. The molecular formula is C11H21N3O6. The van der Waals surface area contributed by atoms with Gasteiger partial charge in [0.15, 0.2) is 0 Å². The number of carboxylic acids is 1. The molecule has 0 saturated heterocycles. The lowest BCUT2D eigenvalue weighted by atomic mass is 10.1. The Balaban J connectivity index is 3.75. The van der Waals surface area contributed by atoms with E-state index in [-0.39, 0.29) is 12.6 Å². The number of nitrogens with zero attached hydrogens (tertiary/aromatic N) is 1. The fourth-order valence-electron chi connectivity index (χ4n) is 1.33. The van der Waals surface area contributed by atoms with E-state index < -0.39 is 18.2 Å². The molecule has 0 aromatic rings. The Hall–Kier alpha value is -1.87. The van der Waals surface area contributed by atoms with Gasteiger partial charge in [0.25, 0.3) is 0 Å². The molecule has 4 N–H and O–H groups in total. The third-order valence-electron chi connectivity index (χ3n) is 2.34. The number of nitrogens with one attached hydrogen (secondary N) is 2. The lowest BCUT2D eigenvalue weighted by Gasteiger charge is -2.09. The van der Waals surface area contributed by atoms with Crippen LogP contribution in [0.25, 0.3) is 0 Å². The van der Waals surface area contributed by atoms with E-state index in [9.17, 15) is 9.59 Å². The molecule has 0 heterocycles. The van der Waals surface area contributed by atoms with Crippen LogP contribution in [0.3, 0.4) is 0 Å². The van der Waals surface area contributed by atoms with Crippen LogP contribution in [-0.2, 0) is 14.3 Å². The number of aliphatic carboxylic acids is 1. The molecule has 1 atom stereocenters. The molecule has 116 valence electrons. The van der Waals surface area contributed by atoms with Crippen molar-refractivity contribution >= 4 is 18.0 Å². The topological polar surface area (TPSA) is 129 Å². The highest BCUT2D eigenvalue weighted by molar-refractivity contribution is 5.83. The number of amidine groups is 1. The summed E-state index contributed by atoms with van der Waals surface area (Å²) in [6.45, 7) is 2.09. The Morgan fingerprint density at radius 2 is 2.05 bits per heavy atom. The first-order valence-corrected chi connectivity index (χ1v) is 6.10. The molecule has 0 bridgehead atoms. The van der Waals surface area contributed by atoms with Gasteiger partial charge in [0.2, 0.25) is 0 Å². The van der Waals surface area contributed by atoms with E-state index in [4.69, 9.17) is 10.3 Å². The number of aliphatic imine (C=N–C) groups is 1. The molecule has 0 radical (unpaired) electrons. The summed E-state index contributed by atoms with van der Waals surface area (Å²) < 4.78 is 8.88. The molecule has 0 aromatic heterocycles. The van der Waals surface area contributed by atoms with Crippen LogP contribution in [0.4, 0.5) is 4.79 Å². The maximum atomic E-state index is 10.9. The molecule has 0 aliphatic rings. The largest absolute Gasteiger partial charge is 0.509 e. The van der Waals surface area contributed by atoms with Gasteiger partial charge in [-0.25, -0.2) is 9.59 Å². The van der Waals surface area contributed by atoms with Crippen molar-refractivity contribution in [2.75, 3.05) is 20.4 Å². The molecule has 0 spiro atoms. The van der Waals surface area contributed by atoms with Crippen molar-refractivity contribution in [3.63, 3.8) is 0 Å². The minimum Gasteiger partial charge on any atom is -0.480 e. The van der Waals surface area contributed by atoms with E-state index in [1.807, 2.05) is 0 Å². The number of carbonyl (C=O) groups is 2. The fourth-order valence-corrected chi connectivity index (χ4v) is 1.33. The van der Waals surface area contributed by atoms with Crippen molar-refractivity contribution in [3.05, 3.63) is 0 Å². The molecular weight excluding hydrogens is 270 g/mol. The molecule has 0 aromatic carbocycles. The zero-order valence-corrected chi connectivity index (χ0v) is 11.6. The maximum Gasteiger partial charge on any atom is 0.509 e. The second-order valence-electron chi connectivity index (χ2n) is 3.92. The summed E-state index contributed by atoms with van der Waals surface area (Å²) in [6, 6.07) is -0.888. The normalized spacial score (nSPS) is 12.7. The summed E-state index contributed by atoms with van der Waals surface area (Å²) in [4.78, 5) is 25.3. The number of hydrogen-bond donors (Lipinski definition) is 4. The van der Waals surface area contributed by atoms with Crippen molar-refractivity contribution in [3.8, 4) is 0 Å². The number of carboxylic acid groups (broad SMARTS) is 1. The number of carbonyl (C=O) groups excluding carboxylic acids is 1. The zero-order chi connectivity index (χ0) is 15.4. The Morgan fingerprint density at radius 1 is 1.35 bits per heavy atom. The van der Waals surface area contributed by atoms with Crippen LogP contribution in [0.5, 0.6) is 0 Å². The van der Waals surface area contributed by atoms with Crippen LogP contribution in [-0.4, -0.2) is 54.7 Å². The molecule has 20 heavy (non-hydrogen) atoms. The van der Waals surface area contributed by atoms with Gasteiger partial charge in [-0.05, 0) is 32.7 Å².